The monoisotopic (exact) mass is 529 g/mol. The van der Waals surface area contributed by atoms with E-state index in [1.54, 1.807) is 0 Å². The summed E-state index contributed by atoms with van der Waals surface area (Å²) in [6, 6.07) is 21.0. The summed E-state index contributed by atoms with van der Waals surface area (Å²) in [5.74, 6) is 0. The second kappa shape index (κ2) is 8.24. The first-order chi connectivity index (χ1) is 17.7. The molecule has 3 aliphatic heterocycles. The van der Waals surface area contributed by atoms with Crippen molar-refractivity contribution < 1.29 is 13.6 Å². The van der Waals surface area contributed by atoms with Gasteiger partial charge in [0, 0.05) is 16.7 Å². The van der Waals surface area contributed by atoms with E-state index in [-0.39, 0.29) is 16.2 Å². The van der Waals surface area contributed by atoms with Gasteiger partial charge in [0.2, 0.25) is 5.16 Å². The van der Waals surface area contributed by atoms with E-state index >= 15 is 0 Å². The van der Waals surface area contributed by atoms with Gasteiger partial charge in [0.15, 0.2) is 0 Å². The Hall–Kier alpha value is -2.03. The van der Waals surface area contributed by atoms with Crippen molar-refractivity contribution in [2.75, 3.05) is 0 Å². The molecule has 6 rings (SSSR count). The maximum atomic E-state index is 6.85. The number of rotatable bonds is 0. The van der Waals surface area contributed by atoms with Gasteiger partial charge in [-0.05, 0) is 67.8 Å². The molecular formula is C34H42O3P+. The maximum Gasteiger partial charge on any atom is 0.433 e. The van der Waals surface area contributed by atoms with E-state index in [2.05, 4.69) is 117 Å². The second-order valence-corrected chi connectivity index (χ2v) is 16.8. The average molecular weight is 530 g/mol. The van der Waals surface area contributed by atoms with Crippen molar-refractivity contribution in [2.45, 2.75) is 104 Å². The van der Waals surface area contributed by atoms with Crippen LogP contribution < -0.4 is 0 Å². The lowest BCUT2D eigenvalue weighted by atomic mass is 9.72. The van der Waals surface area contributed by atoms with Crippen LogP contribution in [-0.4, -0.2) is 0 Å². The highest BCUT2D eigenvalue weighted by Gasteiger charge is 2.75. The van der Waals surface area contributed by atoms with Crippen LogP contribution in [-0.2, 0) is 54.8 Å². The molecule has 0 aromatic heterocycles. The molecule has 0 amide bonds. The molecular weight excluding hydrogens is 487 g/mol. The molecule has 0 atom stereocenters. The van der Waals surface area contributed by atoms with Gasteiger partial charge in [0.1, 0.15) is 19.8 Å². The smallest absolute Gasteiger partial charge is 0.172 e. The molecule has 3 aliphatic rings. The SMILES string of the molecule is CC(C)(C)c1ccc2c(c1)C13c4cc(C(C)(C)C)ccc4CO[P+]1(OC2)OCc1ccc(C(C)(C)C)cc13. The topological polar surface area (TPSA) is 27.7 Å². The standard InChI is InChI=1S/C34H42O3P/c1-31(2,3)25-13-10-22-19-35-38-34(28(22)16-25,29-17-26(32(4,5)6)14-11-23(29)20-36-38)30-18-27(33(7,8)9)15-12-24(30)21-37-38/h10-18H,19-21H2,1-9H3/q+1. The Morgan fingerprint density at radius 2 is 0.789 bits per heavy atom. The molecule has 0 N–H and O–H groups in total. The Labute approximate surface area is 229 Å². The number of benzene rings is 3. The molecule has 0 spiro atoms. The Morgan fingerprint density at radius 1 is 0.500 bits per heavy atom. The molecule has 3 nitrogen and oxygen atoms in total. The van der Waals surface area contributed by atoms with Crippen molar-refractivity contribution in [3.63, 3.8) is 0 Å². The van der Waals surface area contributed by atoms with E-state index in [1.165, 1.54) is 50.1 Å². The normalized spacial score (nSPS) is 24.6. The van der Waals surface area contributed by atoms with Crippen LogP contribution in [0.5, 0.6) is 0 Å². The molecule has 0 saturated carbocycles. The predicted octanol–water partition coefficient (Wildman–Crippen LogP) is 9.22. The molecule has 0 radical (unpaired) electrons. The molecule has 3 aromatic rings. The molecule has 0 aliphatic carbocycles. The maximum absolute atomic E-state index is 6.85. The highest BCUT2D eigenvalue weighted by molar-refractivity contribution is 7.63. The Balaban J connectivity index is 1.79. The third-order valence-corrected chi connectivity index (χ3v) is 11.6. The third kappa shape index (κ3) is 3.69. The fourth-order valence-electron chi connectivity index (χ4n) is 6.26. The lowest BCUT2D eigenvalue weighted by Crippen LogP contribution is -2.46. The van der Waals surface area contributed by atoms with Gasteiger partial charge in [-0.25, -0.2) is 0 Å². The van der Waals surface area contributed by atoms with Gasteiger partial charge in [-0.3, -0.25) is 0 Å². The van der Waals surface area contributed by atoms with Crippen LogP contribution in [0, 0.1) is 0 Å². The molecule has 4 heteroatoms. The van der Waals surface area contributed by atoms with Gasteiger partial charge in [0.05, 0.1) is 0 Å². The zero-order valence-electron chi connectivity index (χ0n) is 24.5. The quantitative estimate of drug-likeness (QED) is 0.272. The van der Waals surface area contributed by atoms with Crippen molar-refractivity contribution in [1.29, 1.82) is 0 Å². The molecule has 0 bridgehead atoms. The van der Waals surface area contributed by atoms with E-state index in [1.807, 2.05) is 0 Å². The molecule has 0 unspecified atom stereocenters. The van der Waals surface area contributed by atoms with Crippen molar-refractivity contribution in [3.8, 4) is 0 Å². The highest BCUT2D eigenvalue weighted by Crippen LogP contribution is 2.85. The summed E-state index contributed by atoms with van der Waals surface area (Å²) >= 11 is 0. The summed E-state index contributed by atoms with van der Waals surface area (Å²) in [5, 5.41) is -0.633. The summed E-state index contributed by atoms with van der Waals surface area (Å²) in [4.78, 5) is 0. The van der Waals surface area contributed by atoms with Gasteiger partial charge >= 0.3 is 7.94 Å². The van der Waals surface area contributed by atoms with Crippen molar-refractivity contribution >= 4 is 7.94 Å². The highest BCUT2D eigenvalue weighted by atomic mass is 31.2. The van der Waals surface area contributed by atoms with E-state index in [0.717, 1.165) is 0 Å². The van der Waals surface area contributed by atoms with Crippen molar-refractivity contribution in [1.82, 2.24) is 0 Å². The van der Waals surface area contributed by atoms with Crippen LogP contribution in [0.3, 0.4) is 0 Å². The summed E-state index contributed by atoms with van der Waals surface area (Å²) in [7, 11) is -2.83. The molecule has 3 heterocycles. The second-order valence-electron chi connectivity index (χ2n) is 14.4. The zero-order chi connectivity index (χ0) is 27.3. The zero-order valence-corrected chi connectivity index (χ0v) is 25.4. The molecule has 0 saturated heterocycles. The third-order valence-electron chi connectivity index (χ3n) is 8.68. The summed E-state index contributed by atoms with van der Waals surface area (Å²) < 4.78 is 20.5. The minimum atomic E-state index is -2.83. The van der Waals surface area contributed by atoms with Crippen LogP contribution in [0.4, 0.5) is 0 Å². The lowest BCUT2D eigenvalue weighted by Gasteiger charge is -2.50. The average Bonchev–Trinajstić information content (AvgIpc) is 2.85. The van der Waals surface area contributed by atoms with E-state index < -0.39 is 13.1 Å². The Kier molecular flexibility index (Phi) is 5.68. The van der Waals surface area contributed by atoms with Crippen LogP contribution >= 0.6 is 7.94 Å². The first kappa shape index (κ1) is 26.2. The van der Waals surface area contributed by atoms with Crippen LogP contribution in [0.1, 0.15) is 112 Å². The van der Waals surface area contributed by atoms with Gasteiger partial charge < -0.3 is 0 Å². The van der Waals surface area contributed by atoms with Gasteiger partial charge in [0.25, 0.3) is 0 Å². The largest absolute Gasteiger partial charge is 0.433 e. The van der Waals surface area contributed by atoms with Crippen LogP contribution in [0.15, 0.2) is 54.6 Å². The van der Waals surface area contributed by atoms with Crippen LogP contribution in [0.2, 0.25) is 0 Å². The van der Waals surface area contributed by atoms with Gasteiger partial charge in [-0.2, -0.15) is 13.6 Å². The molecule has 3 aromatic carbocycles. The Morgan fingerprint density at radius 3 is 1.05 bits per heavy atom. The van der Waals surface area contributed by atoms with Gasteiger partial charge in [-0.1, -0.05) is 98.7 Å². The molecule has 200 valence electrons. The lowest BCUT2D eigenvalue weighted by molar-refractivity contribution is 0.0851. The van der Waals surface area contributed by atoms with Gasteiger partial charge in [-0.15, -0.1) is 0 Å². The number of hydrogen-bond acceptors (Lipinski definition) is 3. The fraction of sp³-hybridized carbons (Fsp3) is 0.471. The summed E-state index contributed by atoms with van der Waals surface area (Å²) in [6.45, 7) is 22.2. The van der Waals surface area contributed by atoms with E-state index in [4.69, 9.17) is 13.6 Å². The molecule has 38 heavy (non-hydrogen) atoms. The van der Waals surface area contributed by atoms with Crippen molar-refractivity contribution in [2.24, 2.45) is 0 Å². The first-order valence-corrected chi connectivity index (χ1v) is 15.5. The fourth-order valence-corrected chi connectivity index (χ4v) is 9.50. The first-order valence-electron chi connectivity index (χ1n) is 13.9. The van der Waals surface area contributed by atoms with E-state index in [9.17, 15) is 0 Å². The number of hydrogen-bond donors (Lipinski definition) is 0. The molecule has 0 fully saturated rings. The summed E-state index contributed by atoms with van der Waals surface area (Å²) in [6.07, 6.45) is 0. The van der Waals surface area contributed by atoms with Crippen LogP contribution in [0.25, 0.3) is 0 Å². The number of fused-ring (bicyclic) bond motifs is 3. The van der Waals surface area contributed by atoms with E-state index in [0.29, 0.717) is 19.8 Å². The predicted molar refractivity (Wildman–Crippen MR) is 157 cm³/mol. The Bertz CT molecular complexity index is 1260. The minimum absolute atomic E-state index is 0.0162. The summed E-state index contributed by atoms with van der Waals surface area (Å²) in [5.41, 5.74) is 11.6. The minimum Gasteiger partial charge on any atom is -0.172 e. The van der Waals surface area contributed by atoms with Crippen molar-refractivity contribution in [3.05, 3.63) is 105 Å².